The third kappa shape index (κ3) is 4.80. The van der Waals surface area contributed by atoms with Crippen LogP contribution in [0.2, 0.25) is 0 Å². The van der Waals surface area contributed by atoms with Crippen LogP contribution in [0.5, 0.6) is 0 Å². The molecular formula is C28H40N2O2S. The maximum atomic E-state index is 13.4. The van der Waals surface area contributed by atoms with Crippen molar-refractivity contribution in [3.63, 3.8) is 0 Å². The van der Waals surface area contributed by atoms with Gasteiger partial charge in [-0.1, -0.05) is 17.7 Å². The Kier molecular flexibility index (Phi) is 6.45. The van der Waals surface area contributed by atoms with Gasteiger partial charge in [-0.3, -0.25) is 0 Å². The molecule has 2 amide bonds. The van der Waals surface area contributed by atoms with Gasteiger partial charge in [-0.05, 0) is 132 Å². The number of hydrogen-bond donors (Lipinski definition) is 1. The molecule has 0 aromatic heterocycles. The standard InChI is InChI=1S/C28H40N2O2S/c1-18-10-19(2)20(3)24(11-18)6-5-9-32-26(33)25-7-4-8-30(25)27(31)29-28-15-21-12-22(16-28)14-23(13-21)17-28/h10-11,21-23,25H,4-9,12-17H2,1-3H3,(H,29,31). The normalized spacial score (nSPS) is 32.3. The highest BCUT2D eigenvalue weighted by atomic mass is 32.1. The number of nitrogens with zero attached hydrogens (tertiary/aromatic N) is 1. The first kappa shape index (κ1) is 23.1. The lowest BCUT2D eigenvalue weighted by atomic mass is 9.53. The molecule has 4 bridgehead atoms. The molecule has 33 heavy (non-hydrogen) atoms. The monoisotopic (exact) mass is 468 g/mol. The van der Waals surface area contributed by atoms with Gasteiger partial charge >= 0.3 is 6.03 Å². The summed E-state index contributed by atoms with van der Waals surface area (Å²) in [6.45, 7) is 7.94. The molecule has 4 aliphatic carbocycles. The summed E-state index contributed by atoms with van der Waals surface area (Å²) in [5.74, 6) is 2.49. The molecule has 1 N–H and O–H groups in total. The molecule has 1 aliphatic heterocycles. The van der Waals surface area contributed by atoms with E-state index in [0.717, 1.165) is 50.0 Å². The fraction of sp³-hybridized carbons (Fsp3) is 0.714. The van der Waals surface area contributed by atoms with Crippen LogP contribution in [0.3, 0.4) is 0 Å². The van der Waals surface area contributed by atoms with E-state index in [0.29, 0.717) is 11.7 Å². The predicted octanol–water partition coefficient (Wildman–Crippen LogP) is 6.03. The van der Waals surface area contributed by atoms with Gasteiger partial charge in [0, 0.05) is 12.1 Å². The van der Waals surface area contributed by atoms with Crippen molar-refractivity contribution in [3.05, 3.63) is 34.4 Å². The SMILES string of the molecule is Cc1cc(C)c(C)c(CCCOC(=S)C2CCCN2C(=O)NC23CC4CC(CC(C4)C2)C3)c1. The lowest BCUT2D eigenvalue weighted by Gasteiger charge is -2.57. The number of rotatable bonds is 6. The van der Waals surface area contributed by atoms with Gasteiger partial charge in [0.05, 0.1) is 6.61 Å². The van der Waals surface area contributed by atoms with Crippen LogP contribution in [0.25, 0.3) is 0 Å². The summed E-state index contributed by atoms with van der Waals surface area (Å²) in [6, 6.07) is 4.56. The highest BCUT2D eigenvalue weighted by molar-refractivity contribution is 7.80. The van der Waals surface area contributed by atoms with Crippen molar-refractivity contribution in [3.8, 4) is 0 Å². The molecule has 180 valence electrons. The molecule has 5 heteroatoms. The number of aryl methyl sites for hydroxylation is 3. The van der Waals surface area contributed by atoms with Crippen molar-refractivity contribution in [2.75, 3.05) is 13.2 Å². The second-order valence-corrected chi connectivity index (χ2v) is 12.0. The number of ether oxygens (including phenoxy) is 1. The van der Waals surface area contributed by atoms with Crippen molar-refractivity contribution in [1.82, 2.24) is 10.2 Å². The van der Waals surface area contributed by atoms with E-state index in [9.17, 15) is 4.79 Å². The number of likely N-dealkylation sites (tertiary alicyclic amines) is 1. The molecular weight excluding hydrogens is 428 g/mol. The number of carbonyl (C=O) groups is 1. The van der Waals surface area contributed by atoms with Crippen molar-refractivity contribution < 1.29 is 9.53 Å². The summed E-state index contributed by atoms with van der Waals surface area (Å²) in [4.78, 5) is 15.3. The van der Waals surface area contributed by atoms with Gasteiger partial charge in [-0.2, -0.15) is 0 Å². The van der Waals surface area contributed by atoms with Crippen molar-refractivity contribution in [2.24, 2.45) is 17.8 Å². The lowest BCUT2D eigenvalue weighted by molar-refractivity contribution is -0.0156. The van der Waals surface area contributed by atoms with Crippen LogP contribution in [-0.4, -0.2) is 40.7 Å². The highest BCUT2D eigenvalue weighted by Crippen LogP contribution is 2.55. The molecule has 1 heterocycles. The summed E-state index contributed by atoms with van der Waals surface area (Å²) >= 11 is 5.68. The molecule has 1 aromatic rings. The van der Waals surface area contributed by atoms with Gasteiger partial charge in [0.15, 0.2) is 5.05 Å². The van der Waals surface area contributed by atoms with Crippen molar-refractivity contribution >= 4 is 23.3 Å². The number of carbonyl (C=O) groups excluding carboxylic acids is 1. The van der Waals surface area contributed by atoms with E-state index in [1.165, 1.54) is 60.8 Å². The minimum absolute atomic E-state index is 0.0469. The van der Waals surface area contributed by atoms with E-state index < -0.39 is 0 Å². The zero-order valence-corrected chi connectivity index (χ0v) is 21.4. The lowest BCUT2D eigenvalue weighted by Crippen LogP contribution is -2.62. The molecule has 0 spiro atoms. The van der Waals surface area contributed by atoms with Crippen LogP contribution in [-0.2, 0) is 11.2 Å². The molecule has 1 aromatic carbocycles. The average molecular weight is 469 g/mol. The second kappa shape index (κ2) is 9.20. The van der Waals surface area contributed by atoms with E-state index in [-0.39, 0.29) is 17.6 Å². The number of thiocarbonyl (C=S) groups is 1. The Bertz CT molecular complexity index is 891. The van der Waals surface area contributed by atoms with Gasteiger partial charge in [0.2, 0.25) is 0 Å². The Hall–Kier alpha value is -1.62. The van der Waals surface area contributed by atoms with Crippen molar-refractivity contribution in [2.45, 2.75) is 96.6 Å². The van der Waals surface area contributed by atoms with Crippen LogP contribution in [0, 0.1) is 38.5 Å². The molecule has 4 saturated carbocycles. The average Bonchev–Trinajstić information content (AvgIpc) is 3.23. The first-order chi connectivity index (χ1) is 15.8. The Balaban J connectivity index is 1.13. The maximum Gasteiger partial charge on any atom is 0.318 e. The minimum atomic E-state index is -0.0585. The number of nitrogens with one attached hydrogen (secondary N) is 1. The smallest absolute Gasteiger partial charge is 0.318 e. The molecule has 5 aliphatic rings. The van der Waals surface area contributed by atoms with Gasteiger partial charge in [-0.25, -0.2) is 4.79 Å². The van der Waals surface area contributed by atoms with Gasteiger partial charge in [-0.15, -0.1) is 0 Å². The van der Waals surface area contributed by atoms with E-state index in [4.69, 9.17) is 17.0 Å². The predicted molar refractivity (Wildman–Crippen MR) is 137 cm³/mol. The zero-order valence-electron chi connectivity index (χ0n) is 20.6. The zero-order chi connectivity index (χ0) is 23.2. The maximum absolute atomic E-state index is 13.4. The van der Waals surface area contributed by atoms with Gasteiger partial charge in [0.25, 0.3) is 0 Å². The van der Waals surface area contributed by atoms with Crippen molar-refractivity contribution in [1.29, 1.82) is 0 Å². The number of benzene rings is 1. The molecule has 1 saturated heterocycles. The molecule has 1 unspecified atom stereocenters. The Labute approximate surface area is 204 Å². The van der Waals surface area contributed by atoms with Crippen LogP contribution >= 0.6 is 12.2 Å². The van der Waals surface area contributed by atoms with E-state index in [1.807, 2.05) is 4.90 Å². The first-order valence-corrected chi connectivity index (χ1v) is 13.5. The molecule has 1 atom stereocenters. The number of hydrogen-bond acceptors (Lipinski definition) is 3. The molecule has 5 fully saturated rings. The Morgan fingerprint density at radius 1 is 1.12 bits per heavy atom. The summed E-state index contributed by atoms with van der Waals surface area (Å²) in [5, 5.41) is 4.13. The topological polar surface area (TPSA) is 41.6 Å². The highest BCUT2D eigenvalue weighted by Gasteiger charge is 2.52. The quantitative estimate of drug-likeness (QED) is 0.409. The van der Waals surface area contributed by atoms with E-state index >= 15 is 0 Å². The Morgan fingerprint density at radius 3 is 2.45 bits per heavy atom. The summed E-state index contributed by atoms with van der Waals surface area (Å²) < 4.78 is 6.03. The second-order valence-electron chi connectivity index (χ2n) is 11.6. The summed E-state index contributed by atoms with van der Waals surface area (Å²) in [5.41, 5.74) is 5.50. The van der Waals surface area contributed by atoms with Crippen LogP contribution in [0.15, 0.2) is 12.1 Å². The van der Waals surface area contributed by atoms with Crippen LogP contribution in [0.4, 0.5) is 4.79 Å². The van der Waals surface area contributed by atoms with E-state index in [2.05, 4.69) is 38.2 Å². The van der Waals surface area contributed by atoms with Gasteiger partial charge < -0.3 is 15.0 Å². The third-order valence-electron chi connectivity index (χ3n) is 8.95. The van der Waals surface area contributed by atoms with Crippen LogP contribution in [0.1, 0.15) is 80.0 Å². The van der Waals surface area contributed by atoms with Crippen LogP contribution < -0.4 is 5.32 Å². The largest absolute Gasteiger partial charge is 0.485 e. The Morgan fingerprint density at radius 2 is 1.79 bits per heavy atom. The number of urea groups is 1. The minimum Gasteiger partial charge on any atom is -0.485 e. The van der Waals surface area contributed by atoms with Gasteiger partial charge in [0.1, 0.15) is 6.04 Å². The molecule has 6 rings (SSSR count). The number of amides is 2. The molecule has 0 radical (unpaired) electrons. The first-order valence-electron chi connectivity index (χ1n) is 13.1. The fourth-order valence-corrected chi connectivity index (χ4v) is 8.06. The summed E-state index contributed by atoms with van der Waals surface area (Å²) in [6.07, 6.45) is 11.6. The summed E-state index contributed by atoms with van der Waals surface area (Å²) in [7, 11) is 0. The van der Waals surface area contributed by atoms with E-state index in [1.54, 1.807) is 0 Å². The third-order valence-corrected chi connectivity index (χ3v) is 9.34. The molecule has 4 nitrogen and oxygen atoms in total. The fourth-order valence-electron chi connectivity index (χ4n) is 7.74.